The first-order valence-corrected chi connectivity index (χ1v) is 16.4. The van der Waals surface area contributed by atoms with E-state index in [9.17, 15) is 43.4 Å². The van der Waals surface area contributed by atoms with Gasteiger partial charge in [-0.15, -0.1) is 23.2 Å². The molecule has 0 spiro atoms. The average Bonchev–Trinajstić information content (AvgIpc) is 3.28. The van der Waals surface area contributed by atoms with Crippen LogP contribution in [0.2, 0.25) is 0 Å². The van der Waals surface area contributed by atoms with Gasteiger partial charge in [-0.05, 0) is 44.2 Å². The van der Waals surface area contributed by atoms with Crippen LogP contribution in [0.1, 0.15) is 43.3 Å². The summed E-state index contributed by atoms with van der Waals surface area (Å²) in [5, 5.41) is 12.7. The van der Waals surface area contributed by atoms with Gasteiger partial charge in [-0.2, -0.15) is 0 Å². The predicted molar refractivity (Wildman–Crippen MR) is 149 cm³/mol. The van der Waals surface area contributed by atoms with E-state index in [0.29, 0.717) is 43.7 Å². The van der Waals surface area contributed by atoms with E-state index in [1.807, 2.05) is 0 Å². The number of nitrogens with zero attached hydrogens (tertiary/aromatic N) is 1. The molecule has 1 aliphatic carbocycles. The van der Waals surface area contributed by atoms with Crippen LogP contribution >= 0.6 is 38.4 Å². The Hall–Kier alpha value is 1.96. The maximum absolute atomic E-state index is 12.9. The molecule has 2 amide bonds. The van der Waals surface area contributed by atoms with Crippen molar-refractivity contribution in [2.75, 3.05) is 30.2 Å². The molecule has 2 unspecified atom stereocenters. The number of carbonyl (C=O) groups is 2. The molecule has 12 nitrogen and oxygen atoms in total. The minimum atomic E-state index is -5.53. The predicted octanol–water partition coefficient (Wildman–Crippen LogP) is -6.16. The van der Waals surface area contributed by atoms with Gasteiger partial charge < -0.3 is 39.6 Å². The van der Waals surface area contributed by atoms with E-state index in [1.54, 1.807) is 31.2 Å². The number of benzene rings is 1. The third-order valence-corrected chi connectivity index (χ3v) is 11.3. The molecule has 222 valence electrons. The summed E-state index contributed by atoms with van der Waals surface area (Å²) in [6.07, 6.45) is 1.74. The van der Waals surface area contributed by atoms with E-state index in [-0.39, 0.29) is 133 Å². The third kappa shape index (κ3) is 11.9. The first-order chi connectivity index (χ1) is 17.6. The van der Waals surface area contributed by atoms with Gasteiger partial charge in [0.1, 0.15) is 24.8 Å². The molecule has 1 fully saturated rings. The van der Waals surface area contributed by atoms with Crippen molar-refractivity contribution in [2.24, 2.45) is 5.92 Å². The maximum atomic E-state index is 12.9. The summed E-state index contributed by atoms with van der Waals surface area (Å²) < 4.78 is 23.2. The zero-order valence-corrected chi connectivity index (χ0v) is 33.3. The quantitative estimate of drug-likeness (QED) is 0.0306. The second-order valence-electron chi connectivity index (χ2n) is 9.58. The molecule has 0 bridgehead atoms. The summed E-state index contributed by atoms with van der Waals surface area (Å²) in [5.74, 6) is -0.124. The van der Waals surface area contributed by atoms with Crippen molar-refractivity contribution in [3.8, 4) is 0 Å². The Bertz CT molecular complexity index is 1050. The molecular formula is C22H39Cl2N3Na3O9P2+. The molecule has 19 heteroatoms. The molecule has 1 saturated carbocycles. The first-order valence-electron chi connectivity index (χ1n) is 12.1. The van der Waals surface area contributed by atoms with Crippen LogP contribution in [0, 0.1) is 5.92 Å². The fourth-order valence-corrected chi connectivity index (χ4v) is 7.53. The average molecular weight is 691 g/mol. The number of hydrogen-bond acceptors (Lipinski definition) is 6. The molecule has 3 atom stereocenters. The zero-order valence-electron chi connectivity index (χ0n) is 26.9. The van der Waals surface area contributed by atoms with Gasteiger partial charge >= 0.3 is 110 Å². The SMILES string of the molecule is C[C@H](Nc1ccc([N+](C=O)(CCCl)CCCl)cc1)C(=O)NC1CCCC1CCC(O)(P(=O)(O)O)P(=O)(O)O.[H-].[H-].[H-].[Na+].[Na+].[Na+]. The van der Waals surface area contributed by atoms with Gasteiger partial charge in [0.05, 0.1) is 11.8 Å². The van der Waals surface area contributed by atoms with Crippen LogP contribution in [0.3, 0.4) is 0 Å². The third-order valence-electron chi connectivity index (χ3n) is 7.10. The van der Waals surface area contributed by atoms with Crippen molar-refractivity contribution in [3.05, 3.63) is 24.3 Å². The van der Waals surface area contributed by atoms with Gasteiger partial charge in [0.15, 0.2) is 0 Å². The van der Waals surface area contributed by atoms with Crippen LogP contribution in [0.4, 0.5) is 11.4 Å². The summed E-state index contributed by atoms with van der Waals surface area (Å²) in [6.45, 7) is 2.41. The van der Waals surface area contributed by atoms with E-state index in [0.717, 1.165) is 6.41 Å². The minimum absolute atomic E-state index is 0. The molecule has 7 N–H and O–H groups in total. The summed E-state index contributed by atoms with van der Waals surface area (Å²) in [4.78, 5) is 62.1. The molecule has 0 radical (unpaired) electrons. The Kier molecular flexibility index (Phi) is 21.5. The van der Waals surface area contributed by atoms with Crippen LogP contribution in [0.25, 0.3) is 0 Å². The molecule has 2 rings (SSSR count). The van der Waals surface area contributed by atoms with Crippen LogP contribution in [-0.2, 0) is 18.7 Å². The number of rotatable bonds is 15. The van der Waals surface area contributed by atoms with Gasteiger partial charge in [-0.3, -0.25) is 13.9 Å². The van der Waals surface area contributed by atoms with Crippen LogP contribution < -0.4 is 104 Å². The molecule has 0 saturated heterocycles. The van der Waals surface area contributed by atoms with Gasteiger partial charge in [-0.1, -0.05) is 6.42 Å². The van der Waals surface area contributed by atoms with E-state index in [1.165, 1.54) is 0 Å². The number of nitrogens with one attached hydrogen (secondary N) is 2. The number of hydrogen-bond donors (Lipinski definition) is 7. The van der Waals surface area contributed by atoms with Crippen molar-refractivity contribution in [1.29, 1.82) is 0 Å². The van der Waals surface area contributed by atoms with Gasteiger partial charge in [0.2, 0.25) is 5.91 Å². The Morgan fingerprint density at radius 1 is 1.07 bits per heavy atom. The van der Waals surface area contributed by atoms with Gasteiger partial charge in [0, 0.05) is 30.3 Å². The van der Waals surface area contributed by atoms with Gasteiger partial charge in [0.25, 0.3) is 5.08 Å². The van der Waals surface area contributed by atoms with E-state index in [2.05, 4.69) is 10.6 Å². The smallest absolute Gasteiger partial charge is 1.00 e. The molecule has 0 heterocycles. The van der Waals surface area contributed by atoms with Crippen LogP contribution in [0.15, 0.2) is 24.3 Å². The number of alkyl halides is 2. The molecule has 0 aliphatic heterocycles. The summed E-state index contributed by atoms with van der Waals surface area (Å²) >= 11 is 11.8. The summed E-state index contributed by atoms with van der Waals surface area (Å²) in [5.41, 5.74) is 1.34. The van der Waals surface area contributed by atoms with Crippen molar-refractivity contribution >= 4 is 62.1 Å². The summed E-state index contributed by atoms with van der Waals surface area (Å²) in [7, 11) is -11.1. The second-order valence-corrected chi connectivity index (χ2v) is 14.3. The van der Waals surface area contributed by atoms with Crippen molar-refractivity contribution < 1.29 is 136 Å². The molecule has 41 heavy (non-hydrogen) atoms. The maximum Gasteiger partial charge on any atom is 1.00 e. The van der Waals surface area contributed by atoms with Crippen molar-refractivity contribution in [2.45, 2.75) is 56.2 Å². The summed E-state index contributed by atoms with van der Waals surface area (Å²) in [6, 6.07) is 5.94. The molecule has 0 aromatic heterocycles. The van der Waals surface area contributed by atoms with Gasteiger partial charge in [-0.25, -0.2) is 9.28 Å². The van der Waals surface area contributed by atoms with Crippen molar-refractivity contribution in [1.82, 2.24) is 9.80 Å². The van der Waals surface area contributed by atoms with E-state index >= 15 is 0 Å². The zero-order chi connectivity index (χ0) is 28.8. The normalized spacial score (nSPS) is 18.2. The standard InChI is InChI=1S/C22H35Cl2N3O9P2.3Na.3H/c1-16(25-18-5-7-19(8-6-18)27(15-28,13-11-23)14-12-24)21(29)26-20-4-2-3-17(20)9-10-22(30,37(31,32)33)38(34,35)36;;;;;;/h5-8,15-17,20,25,30H,2-4,9-14H2,1H3,(H4-,26,29,31,32,33,34,35,36);;;;;;/q;3*+1;3*-1/p+1/t16-,17?,20?;;;;;;/m0....../s1. The minimum Gasteiger partial charge on any atom is -1.00 e. The van der Waals surface area contributed by atoms with Crippen LogP contribution in [0.5, 0.6) is 0 Å². The molecular weight excluding hydrogens is 652 g/mol. The number of quaternary nitrogens is 1. The number of carbonyl (C=O) groups excluding carboxylic acids is 2. The number of aliphatic hydroxyl groups is 1. The Balaban J connectivity index is -0.000000845. The largest absolute Gasteiger partial charge is 1.00 e. The fraction of sp³-hybridized carbons (Fsp3) is 0.636. The van der Waals surface area contributed by atoms with Crippen molar-refractivity contribution in [3.63, 3.8) is 0 Å². The Labute approximate surface area is 321 Å². The van der Waals surface area contributed by atoms with Crippen LogP contribution in [-0.4, -0.2) is 79.0 Å². The first kappa shape index (κ1) is 45.1. The number of amides is 2. The van der Waals surface area contributed by atoms with E-state index < -0.39 is 32.7 Å². The topological polar surface area (TPSA) is 193 Å². The molecule has 1 aromatic rings. The fourth-order valence-electron chi connectivity index (χ4n) is 4.73. The Morgan fingerprint density at radius 3 is 2.02 bits per heavy atom. The number of halogens is 2. The second kappa shape index (κ2) is 19.6. The monoisotopic (exact) mass is 690 g/mol. The number of anilines is 1. The Morgan fingerprint density at radius 2 is 1.59 bits per heavy atom. The molecule has 1 aromatic carbocycles. The molecule has 1 aliphatic rings. The van der Waals surface area contributed by atoms with E-state index in [4.69, 9.17) is 23.2 Å².